The van der Waals surface area contributed by atoms with Crippen LogP contribution in [0.2, 0.25) is 0 Å². The lowest BCUT2D eigenvalue weighted by Crippen LogP contribution is -2.60. The molecule has 5 rings (SSSR count). The van der Waals surface area contributed by atoms with E-state index in [1.807, 2.05) is 0 Å². The standard InChI is InChI=1S/C23H33NO/c1-21-12-18-13-22(15-21,19-8-5-4-6-9-19)17-23(14-18,16-21)20(25)10-7-11-24(2)3/h4-6,8-9,18H,7,10-17H2,1-3H3. The SMILES string of the molecule is CN(C)CCCC(=O)C12CC3CC(C)(C1)CC(c1ccccc1)(C3)C2. The van der Waals surface area contributed by atoms with Crippen LogP contribution in [0, 0.1) is 16.7 Å². The Morgan fingerprint density at radius 3 is 2.52 bits per heavy atom. The number of ketones is 1. The zero-order chi connectivity index (χ0) is 17.7. The fraction of sp³-hybridized carbons (Fsp3) is 0.696. The van der Waals surface area contributed by atoms with Gasteiger partial charge in [-0.15, -0.1) is 0 Å². The Bertz CT molecular complexity index is 653. The molecule has 1 aromatic carbocycles. The summed E-state index contributed by atoms with van der Waals surface area (Å²) in [6, 6.07) is 11.1. The Labute approximate surface area is 153 Å². The van der Waals surface area contributed by atoms with Gasteiger partial charge in [0.1, 0.15) is 5.78 Å². The van der Waals surface area contributed by atoms with E-state index in [9.17, 15) is 4.79 Å². The zero-order valence-electron chi connectivity index (χ0n) is 16.2. The van der Waals surface area contributed by atoms with Gasteiger partial charge in [0, 0.05) is 11.8 Å². The second kappa shape index (κ2) is 5.94. The Kier molecular flexibility index (Phi) is 4.11. The number of nitrogens with zero attached hydrogens (tertiary/aromatic N) is 1. The highest BCUT2D eigenvalue weighted by Gasteiger charge is 2.63. The summed E-state index contributed by atoms with van der Waals surface area (Å²) in [5.41, 5.74) is 2.09. The molecule has 136 valence electrons. The van der Waals surface area contributed by atoms with E-state index in [0.717, 1.165) is 44.6 Å². The average molecular weight is 340 g/mol. The second-order valence-electron chi connectivity index (χ2n) is 10.1. The van der Waals surface area contributed by atoms with Gasteiger partial charge in [0.25, 0.3) is 0 Å². The molecule has 0 amide bonds. The summed E-state index contributed by atoms with van der Waals surface area (Å²) in [5.74, 6) is 1.32. The highest BCUT2D eigenvalue weighted by molar-refractivity contribution is 5.85. The molecule has 0 N–H and O–H groups in total. The maximum atomic E-state index is 13.4. The van der Waals surface area contributed by atoms with Crippen LogP contribution in [-0.2, 0) is 10.2 Å². The number of carbonyl (C=O) groups is 1. The molecule has 0 radical (unpaired) electrons. The van der Waals surface area contributed by atoms with E-state index in [0.29, 0.717) is 11.2 Å². The van der Waals surface area contributed by atoms with Crippen LogP contribution in [-0.4, -0.2) is 31.3 Å². The lowest BCUT2D eigenvalue weighted by atomic mass is 9.38. The number of benzene rings is 1. The molecule has 4 fully saturated rings. The van der Waals surface area contributed by atoms with Gasteiger partial charge in [-0.05, 0) is 87.9 Å². The number of Topliss-reactive ketones (excluding diaryl/α,β-unsaturated/α-hetero) is 1. The summed E-state index contributed by atoms with van der Waals surface area (Å²) in [6.45, 7) is 3.49. The van der Waals surface area contributed by atoms with Crippen molar-refractivity contribution in [3.63, 3.8) is 0 Å². The first-order chi connectivity index (χ1) is 11.8. The molecule has 4 bridgehead atoms. The molecule has 4 unspecified atom stereocenters. The van der Waals surface area contributed by atoms with E-state index in [1.165, 1.54) is 24.8 Å². The summed E-state index contributed by atoms with van der Waals surface area (Å²) in [5, 5.41) is 0. The maximum absolute atomic E-state index is 13.4. The van der Waals surface area contributed by atoms with E-state index in [4.69, 9.17) is 0 Å². The second-order valence-corrected chi connectivity index (χ2v) is 10.1. The van der Waals surface area contributed by atoms with Crippen LogP contribution in [0.15, 0.2) is 30.3 Å². The quantitative estimate of drug-likeness (QED) is 0.740. The van der Waals surface area contributed by atoms with E-state index in [2.05, 4.69) is 56.3 Å². The van der Waals surface area contributed by atoms with Crippen LogP contribution < -0.4 is 0 Å². The van der Waals surface area contributed by atoms with E-state index >= 15 is 0 Å². The molecule has 4 saturated carbocycles. The predicted octanol–water partition coefficient (Wildman–Crippen LogP) is 4.83. The molecule has 2 heteroatoms. The highest BCUT2D eigenvalue weighted by atomic mass is 16.1. The first-order valence-electron chi connectivity index (χ1n) is 10.1. The van der Waals surface area contributed by atoms with Gasteiger partial charge in [0.2, 0.25) is 0 Å². The highest BCUT2D eigenvalue weighted by Crippen LogP contribution is 2.70. The lowest BCUT2D eigenvalue weighted by Gasteiger charge is -2.65. The normalized spacial score (nSPS) is 39.1. The largest absolute Gasteiger partial charge is 0.309 e. The monoisotopic (exact) mass is 339 g/mol. The van der Waals surface area contributed by atoms with Gasteiger partial charge in [-0.25, -0.2) is 0 Å². The number of hydrogen-bond donors (Lipinski definition) is 0. The van der Waals surface area contributed by atoms with Crippen molar-refractivity contribution >= 4 is 5.78 Å². The van der Waals surface area contributed by atoms with Gasteiger partial charge in [-0.2, -0.15) is 0 Å². The van der Waals surface area contributed by atoms with Gasteiger partial charge < -0.3 is 4.90 Å². The van der Waals surface area contributed by atoms with Gasteiger partial charge in [-0.3, -0.25) is 4.79 Å². The molecule has 0 saturated heterocycles. The van der Waals surface area contributed by atoms with E-state index in [-0.39, 0.29) is 10.8 Å². The Morgan fingerprint density at radius 1 is 1.08 bits per heavy atom. The minimum Gasteiger partial charge on any atom is -0.309 e. The smallest absolute Gasteiger partial charge is 0.139 e. The van der Waals surface area contributed by atoms with Gasteiger partial charge in [0.05, 0.1) is 0 Å². The van der Waals surface area contributed by atoms with Gasteiger partial charge >= 0.3 is 0 Å². The molecule has 25 heavy (non-hydrogen) atoms. The fourth-order valence-electron chi connectivity index (χ4n) is 7.17. The van der Waals surface area contributed by atoms with Crippen LogP contribution in [0.3, 0.4) is 0 Å². The van der Waals surface area contributed by atoms with Gasteiger partial charge in [-0.1, -0.05) is 37.3 Å². The van der Waals surface area contributed by atoms with Gasteiger partial charge in [0.15, 0.2) is 0 Å². The third-order valence-corrected chi connectivity index (χ3v) is 7.33. The van der Waals surface area contributed by atoms with Crippen molar-refractivity contribution in [3.05, 3.63) is 35.9 Å². The van der Waals surface area contributed by atoms with Crippen molar-refractivity contribution in [1.82, 2.24) is 4.90 Å². The molecule has 0 aliphatic heterocycles. The molecule has 0 aromatic heterocycles. The summed E-state index contributed by atoms with van der Waals surface area (Å²) >= 11 is 0. The van der Waals surface area contributed by atoms with Crippen molar-refractivity contribution in [1.29, 1.82) is 0 Å². The zero-order valence-corrected chi connectivity index (χ0v) is 16.2. The number of hydrogen-bond acceptors (Lipinski definition) is 2. The molecular formula is C23H33NO. The third kappa shape index (κ3) is 2.97. The molecule has 2 nitrogen and oxygen atoms in total. The molecular weight excluding hydrogens is 306 g/mol. The molecule has 4 aliphatic rings. The van der Waals surface area contributed by atoms with Crippen molar-refractivity contribution < 1.29 is 4.79 Å². The number of rotatable bonds is 6. The molecule has 1 aromatic rings. The minimum atomic E-state index is -0.0314. The molecule has 4 atom stereocenters. The summed E-state index contributed by atoms with van der Waals surface area (Å²) < 4.78 is 0. The Morgan fingerprint density at radius 2 is 1.84 bits per heavy atom. The fourth-order valence-corrected chi connectivity index (χ4v) is 7.17. The summed E-state index contributed by atoms with van der Waals surface area (Å²) in [6.07, 6.45) is 9.13. The molecule has 0 spiro atoms. The summed E-state index contributed by atoms with van der Waals surface area (Å²) in [7, 11) is 4.20. The Hall–Kier alpha value is -1.15. The maximum Gasteiger partial charge on any atom is 0.139 e. The average Bonchev–Trinajstić information content (AvgIpc) is 2.53. The van der Waals surface area contributed by atoms with Crippen LogP contribution in [0.1, 0.15) is 63.9 Å². The van der Waals surface area contributed by atoms with Crippen molar-refractivity contribution in [3.8, 4) is 0 Å². The lowest BCUT2D eigenvalue weighted by molar-refractivity contribution is -0.158. The van der Waals surface area contributed by atoms with Crippen LogP contribution in [0.5, 0.6) is 0 Å². The van der Waals surface area contributed by atoms with Crippen LogP contribution in [0.25, 0.3) is 0 Å². The van der Waals surface area contributed by atoms with Crippen molar-refractivity contribution in [2.45, 2.75) is 63.7 Å². The topological polar surface area (TPSA) is 20.3 Å². The first-order valence-corrected chi connectivity index (χ1v) is 10.1. The van der Waals surface area contributed by atoms with Crippen molar-refractivity contribution in [2.24, 2.45) is 16.7 Å². The van der Waals surface area contributed by atoms with E-state index in [1.54, 1.807) is 0 Å². The molecule has 0 heterocycles. The van der Waals surface area contributed by atoms with Crippen LogP contribution >= 0.6 is 0 Å². The third-order valence-electron chi connectivity index (χ3n) is 7.33. The van der Waals surface area contributed by atoms with Crippen LogP contribution in [0.4, 0.5) is 0 Å². The van der Waals surface area contributed by atoms with Crippen molar-refractivity contribution in [2.75, 3.05) is 20.6 Å². The first kappa shape index (κ1) is 17.3. The Balaban J connectivity index is 1.63. The van der Waals surface area contributed by atoms with E-state index < -0.39 is 0 Å². The predicted molar refractivity (Wildman–Crippen MR) is 103 cm³/mol. The minimum absolute atomic E-state index is 0.0314. The summed E-state index contributed by atoms with van der Waals surface area (Å²) in [4.78, 5) is 15.6. The molecule has 4 aliphatic carbocycles. The number of carbonyl (C=O) groups excluding carboxylic acids is 1.